The molecule has 1 aromatic rings. The molecule has 1 saturated carbocycles. The molecular formula is C15H18F2N2S. The zero-order valence-corrected chi connectivity index (χ0v) is 12.3. The Morgan fingerprint density at radius 1 is 1.40 bits per heavy atom. The van der Waals surface area contributed by atoms with Crippen LogP contribution in [0.2, 0.25) is 0 Å². The van der Waals surface area contributed by atoms with Crippen LogP contribution in [0.1, 0.15) is 26.2 Å². The van der Waals surface area contributed by atoms with E-state index in [1.807, 2.05) is 0 Å². The summed E-state index contributed by atoms with van der Waals surface area (Å²) in [5.74, 6) is -0.756. The molecule has 1 N–H and O–H groups in total. The molecule has 0 spiro atoms. The molecule has 108 valence electrons. The van der Waals surface area contributed by atoms with Crippen molar-refractivity contribution >= 4 is 11.8 Å². The van der Waals surface area contributed by atoms with Gasteiger partial charge in [0.2, 0.25) is 0 Å². The normalized spacial score (nSPS) is 17.5. The smallest absolute Gasteiger partial charge is 0.159 e. The van der Waals surface area contributed by atoms with Crippen LogP contribution in [0.4, 0.5) is 8.78 Å². The molecule has 0 aromatic heterocycles. The molecule has 1 aromatic carbocycles. The first-order valence-electron chi connectivity index (χ1n) is 6.85. The predicted octanol–water partition coefficient (Wildman–Crippen LogP) is 3.73. The van der Waals surface area contributed by atoms with Crippen LogP contribution in [0.15, 0.2) is 23.1 Å². The van der Waals surface area contributed by atoms with Crippen molar-refractivity contribution < 1.29 is 8.78 Å². The topological polar surface area (TPSA) is 35.8 Å². The second-order valence-corrected chi connectivity index (χ2v) is 6.20. The number of hydrogen-bond acceptors (Lipinski definition) is 3. The van der Waals surface area contributed by atoms with Gasteiger partial charge in [-0.15, -0.1) is 11.8 Å². The van der Waals surface area contributed by atoms with Crippen molar-refractivity contribution in [3.05, 3.63) is 29.8 Å². The molecule has 0 bridgehead atoms. The molecule has 2 nitrogen and oxygen atoms in total. The highest BCUT2D eigenvalue weighted by Crippen LogP contribution is 2.42. The molecule has 0 amide bonds. The van der Waals surface area contributed by atoms with Crippen LogP contribution in [-0.4, -0.2) is 17.8 Å². The fourth-order valence-corrected chi connectivity index (χ4v) is 3.31. The van der Waals surface area contributed by atoms with E-state index in [1.165, 1.54) is 17.8 Å². The predicted molar refractivity (Wildman–Crippen MR) is 76.4 cm³/mol. The first kappa shape index (κ1) is 15.3. The number of nitrogens with one attached hydrogen (secondary N) is 1. The van der Waals surface area contributed by atoms with Crippen molar-refractivity contribution in [3.8, 4) is 6.07 Å². The Morgan fingerprint density at radius 3 is 2.70 bits per heavy atom. The van der Waals surface area contributed by atoms with E-state index in [0.717, 1.165) is 31.9 Å². The maximum absolute atomic E-state index is 13.2. The first-order valence-corrected chi connectivity index (χ1v) is 7.84. The highest BCUT2D eigenvalue weighted by Gasteiger charge is 2.45. The summed E-state index contributed by atoms with van der Waals surface area (Å²) in [6, 6.07) is 6.28. The minimum atomic E-state index is -0.842. The Balaban J connectivity index is 2.04. The van der Waals surface area contributed by atoms with Gasteiger partial charge in [-0.05, 0) is 49.9 Å². The molecule has 1 aliphatic carbocycles. The average molecular weight is 296 g/mol. The summed E-state index contributed by atoms with van der Waals surface area (Å²) in [5.41, 5.74) is -0.550. The number of halogens is 2. The number of hydrogen-bond donors (Lipinski definition) is 1. The molecule has 0 aliphatic heterocycles. The summed E-state index contributed by atoms with van der Waals surface area (Å²) in [7, 11) is 0. The summed E-state index contributed by atoms with van der Waals surface area (Å²) in [6.45, 7) is 2.85. The minimum absolute atomic E-state index is 0.372. The third-order valence-corrected chi connectivity index (χ3v) is 4.71. The van der Waals surface area contributed by atoms with Crippen LogP contribution in [0.25, 0.3) is 0 Å². The summed E-state index contributed by atoms with van der Waals surface area (Å²) in [4.78, 5) is 0.655. The summed E-state index contributed by atoms with van der Waals surface area (Å²) in [6.07, 6.45) is 3.08. The second-order valence-electron chi connectivity index (χ2n) is 5.15. The first-order chi connectivity index (χ1) is 9.61. The van der Waals surface area contributed by atoms with Crippen LogP contribution in [0.5, 0.6) is 0 Å². The fourth-order valence-electron chi connectivity index (χ4n) is 2.16. The standard InChI is InChI=1S/C15H18F2N2S/c1-2-7-19-15(9-18,11-3-4-11)10-20-12-5-6-13(16)14(17)8-12/h5-6,8,11,19H,2-4,7,10H2,1H3. The van der Waals surface area contributed by atoms with E-state index in [1.54, 1.807) is 6.07 Å². The third kappa shape index (κ3) is 3.50. The van der Waals surface area contributed by atoms with Crippen molar-refractivity contribution in [2.45, 2.75) is 36.6 Å². The Kier molecular flexibility index (Phi) is 5.00. The van der Waals surface area contributed by atoms with E-state index < -0.39 is 17.2 Å². The van der Waals surface area contributed by atoms with Gasteiger partial charge in [-0.1, -0.05) is 6.92 Å². The van der Waals surface area contributed by atoms with E-state index >= 15 is 0 Å². The van der Waals surface area contributed by atoms with E-state index in [9.17, 15) is 14.0 Å². The average Bonchev–Trinajstić information content (AvgIpc) is 3.28. The van der Waals surface area contributed by atoms with Crippen LogP contribution < -0.4 is 5.32 Å². The van der Waals surface area contributed by atoms with Gasteiger partial charge in [-0.3, -0.25) is 5.32 Å². The zero-order valence-electron chi connectivity index (χ0n) is 11.5. The largest absolute Gasteiger partial charge is 0.298 e. The molecule has 5 heteroatoms. The molecule has 20 heavy (non-hydrogen) atoms. The number of benzene rings is 1. The van der Waals surface area contributed by atoms with Crippen LogP contribution in [0.3, 0.4) is 0 Å². The fraction of sp³-hybridized carbons (Fsp3) is 0.533. The molecule has 1 aliphatic rings. The Bertz CT molecular complexity index is 511. The maximum Gasteiger partial charge on any atom is 0.159 e. The SMILES string of the molecule is CCCNC(C#N)(CSc1ccc(F)c(F)c1)C1CC1. The number of thioether (sulfide) groups is 1. The molecule has 0 heterocycles. The van der Waals surface area contributed by atoms with Gasteiger partial charge in [0.25, 0.3) is 0 Å². The number of rotatable bonds is 7. The lowest BCUT2D eigenvalue weighted by molar-refractivity contribution is 0.405. The highest BCUT2D eigenvalue weighted by atomic mass is 32.2. The van der Waals surface area contributed by atoms with Crippen molar-refractivity contribution in [1.82, 2.24) is 5.32 Å². The molecule has 1 atom stereocenters. The molecular weight excluding hydrogens is 278 g/mol. The van der Waals surface area contributed by atoms with Gasteiger partial charge >= 0.3 is 0 Å². The summed E-state index contributed by atoms with van der Waals surface area (Å²) >= 11 is 1.40. The summed E-state index contributed by atoms with van der Waals surface area (Å²) < 4.78 is 26.1. The van der Waals surface area contributed by atoms with Gasteiger partial charge in [-0.25, -0.2) is 8.78 Å². The van der Waals surface area contributed by atoms with Crippen LogP contribution in [-0.2, 0) is 0 Å². The molecule has 1 unspecified atom stereocenters. The van der Waals surface area contributed by atoms with Gasteiger partial charge in [0.05, 0.1) is 6.07 Å². The highest BCUT2D eigenvalue weighted by molar-refractivity contribution is 7.99. The molecule has 2 rings (SSSR count). The van der Waals surface area contributed by atoms with Crippen molar-refractivity contribution in [2.24, 2.45) is 5.92 Å². The van der Waals surface area contributed by atoms with Crippen molar-refractivity contribution in [1.29, 1.82) is 5.26 Å². The van der Waals surface area contributed by atoms with Gasteiger partial charge in [0, 0.05) is 10.6 Å². The quantitative estimate of drug-likeness (QED) is 0.779. The summed E-state index contributed by atoms with van der Waals surface area (Å²) in [5, 5.41) is 12.9. The van der Waals surface area contributed by atoms with E-state index in [4.69, 9.17) is 0 Å². The number of nitrogens with zero attached hydrogens (tertiary/aromatic N) is 1. The van der Waals surface area contributed by atoms with E-state index in [2.05, 4.69) is 18.3 Å². The van der Waals surface area contributed by atoms with E-state index in [0.29, 0.717) is 16.6 Å². The lowest BCUT2D eigenvalue weighted by Gasteiger charge is -2.27. The monoisotopic (exact) mass is 296 g/mol. The number of nitriles is 1. The zero-order chi connectivity index (χ0) is 14.6. The van der Waals surface area contributed by atoms with Gasteiger partial charge < -0.3 is 0 Å². The lowest BCUT2D eigenvalue weighted by Crippen LogP contribution is -2.48. The lowest BCUT2D eigenvalue weighted by atomic mass is 9.97. The third-order valence-electron chi connectivity index (χ3n) is 3.52. The van der Waals surface area contributed by atoms with Crippen LogP contribution >= 0.6 is 11.8 Å². The van der Waals surface area contributed by atoms with Gasteiger partial charge in [-0.2, -0.15) is 5.26 Å². The Hall–Kier alpha value is -1.12. The molecule has 1 fully saturated rings. The maximum atomic E-state index is 13.2. The molecule has 0 saturated heterocycles. The molecule has 0 radical (unpaired) electrons. The Labute approximate surface area is 122 Å². The van der Waals surface area contributed by atoms with E-state index in [-0.39, 0.29) is 0 Å². The van der Waals surface area contributed by atoms with Gasteiger partial charge in [0.15, 0.2) is 11.6 Å². The van der Waals surface area contributed by atoms with Crippen molar-refractivity contribution in [3.63, 3.8) is 0 Å². The van der Waals surface area contributed by atoms with Crippen molar-refractivity contribution in [2.75, 3.05) is 12.3 Å². The minimum Gasteiger partial charge on any atom is -0.298 e. The van der Waals surface area contributed by atoms with Gasteiger partial charge in [0.1, 0.15) is 5.54 Å². The second kappa shape index (κ2) is 6.55. The van der Waals surface area contributed by atoms with Crippen LogP contribution in [0, 0.1) is 28.9 Å². The Morgan fingerprint density at radius 2 is 2.15 bits per heavy atom.